The van der Waals surface area contributed by atoms with Gasteiger partial charge in [0.1, 0.15) is 16.9 Å². The van der Waals surface area contributed by atoms with Crippen LogP contribution in [0.3, 0.4) is 0 Å². The maximum atomic E-state index is 15.1. The minimum atomic E-state index is -0.485. The molecule has 0 aliphatic carbocycles. The molecule has 2 aliphatic rings. The monoisotopic (exact) mass is 523 g/mol. The standard InChI is InChI=1S/C26H26FN5O2S2/c1-17(35)28-15-21-16-32(26(33)34-21)20-6-7-24(22(27)13-20)30-8-10-31(11-9-30)25(36)19-12-18-4-2-3-5-23(18)29-14-19/h2-7,12-14,21H,8-11,15-16H2,1H3,(H,28,35)/t21-/m0/s1. The molecule has 5 rings (SSSR count). The third-order valence-corrected chi connectivity index (χ3v) is 7.08. The van der Waals surface area contributed by atoms with Crippen LogP contribution in [-0.2, 0) is 4.74 Å². The minimum Gasteiger partial charge on any atom is -0.442 e. The second-order valence-corrected chi connectivity index (χ2v) is 9.88. The molecule has 36 heavy (non-hydrogen) atoms. The third kappa shape index (κ3) is 5.10. The quantitative estimate of drug-likeness (QED) is 0.501. The van der Waals surface area contributed by atoms with E-state index >= 15 is 4.39 Å². The van der Waals surface area contributed by atoms with Crippen LogP contribution >= 0.6 is 24.4 Å². The number of halogens is 1. The molecule has 0 saturated carbocycles. The molecule has 2 fully saturated rings. The molecule has 0 unspecified atom stereocenters. The van der Waals surface area contributed by atoms with Crippen LogP contribution in [0.25, 0.3) is 10.9 Å². The van der Waals surface area contributed by atoms with E-state index in [9.17, 15) is 4.79 Å². The summed E-state index contributed by atoms with van der Waals surface area (Å²) < 4.78 is 20.5. The molecule has 0 spiro atoms. The molecule has 1 atom stereocenters. The first kappa shape index (κ1) is 24.3. The molecule has 1 aromatic heterocycles. The van der Waals surface area contributed by atoms with Gasteiger partial charge in [0.05, 0.1) is 35.0 Å². The summed E-state index contributed by atoms with van der Waals surface area (Å²) in [6, 6.07) is 14.9. The molecule has 0 bridgehead atoms. The highest BCUT2D eigenvalue weighted by Gasteiger charge is 2.33. The number of amides is 1. The summed E-state index contributed by atoms with van der Waals surface area (Å²) in [5.41, 5.74) is 2.84. The highest BCUT2D eigenvalue weighted by Crippen LogP contribution is 2.29. The molecule has 2 saturated heterocycles. The molecular weight excluding hydrogens is 497 g/mol. The minimum absolute atomic E-state index is 0.340. The number of cyclic esters (lactones) is 1. The fourth-order valence-corrected chi connectivity index (χ4v) is 4.91. The van der Waals surface area contributed by atoms with Gasteiger partial charge in [0.2, 0.25) is 0 Å². The van der Waals surface area contributed by atoms with Gasteiger partial charge >= 0.3 is 6.09 Å². The maximum Gasteiger partial charge on any atom is 0.414 e. The second kappa shape index (κ2) is 10.3. The van der Waals surface area contributed by atoms with E-state index in [1.807, 2.05) is 35.4 Å². The highest BCUT2D eigenvalue weighted by atomic mass is 32.1. The Kier molecular flexibility index (Phi) is 6.97. The maximum absolute atomic E-state index is 15.1. The van der Waals surface area contributed by atoms with E-state index in [0.717, 1.165) is 21.5 Å². The van der Waals surface area contributed by atoms with Gasteiger partial charge in [-0.25, -0.2) is 9.18 Å². The average Bonchev–Trinajstić information content (AvgIpc) is 3.27. The summed E-state index contributed by atoms with van der Waals surface area (Å²) >= 11 is 10.8. The Morgan fingerprint density at radius 1 is 1.14 bits per heavy atom. The van der Waals surface area contributed by atoms with E-state index in [0.29, 0.717) is 55.6 Å². The summed E-state index contributed by atoms with van der Waals surface area (Å²) in [5, 5.41) is 4.06. The molecule has 2 aromatic carbocycles. The summed E-state index contributed by atoms with van der Waals surface area (Å²) in [7, 11) is 0. The number of carbonyl (C=O) groups is 1. The number of thiocarbonyl (C=S) groups is 2. The van der Waals surface area contributed by atoms with Crippen molar-refractivity contribution in [3.8, 4) is 0 Å². The fourth-order valence-electron chi connectivity index (χ4n) is 4.54. The van der Waals surface area contributed by atoms with Gasteiger partial charge in [-0.1, -0.05) is 42.6 Å². The van der Waals surface area contributed by atoms with Crippen molar-refractivity contribution in [2.45, 2.75) is 13.0 Å². The molecule has 186 valence electrons. The normalized spacial score (nSPS) is 17.9. The van der Waals surface area contributed by atoms with Crippen LogP contribution in [0, 0.1) is 5.82 Å². The predicted octanol–water partition coefficient (Wildman–Crippen LogP) is 4.13. The summed E-state index contributed by atoms with van der Waals surface area (Å²) in [5.74, 6) is -0.369. The molecule has 1 amide bonds. The van der Waals surface area contributed by atoms with Crippen LogP contribution in [0.2, 0.25) is 0 Å². The van der Waals surface area contributed by atoms with Gasteiger partial charge in [0, 0.05) is 43.3 Å². The molecule has 3 aromatic rings. The van der Waals surface area contributed by atoms with Crippen molar-refractivity contribution in [1.82, 2.24) is 15.2 Å². The topological polar surface area (TPSA) is 60.9 Å². The first-order valence-corrected chi connectivity index (χ1v) is 12.6. The molecule has 2 aliphatic heterocycles. The van der Waals surface area contributed by atoms with E-state index in [-0.39, 0.29) is 11.9 Å². The van der Waals surface area contributed by atoms with E-state index < -0.39 is 6.09 Å². The van der Waals surface area contributed by atoms with Crippen molar-refractivity contribution in [1.29, 1.82) is 0 Å². The number of carbonyl (C=O) groups excluding carboxylic acids is 1. The Hall–Kier alpha value is -3.37. The van der Waals surface area contributed by atoms with Gasteiger partial charge in [0.25, 0.3) is 0 Å². The molecule has 10 heteroatoms. The third-order valence-electron chi connectivity index (χ3n) is 6.44. The zero-order valence-corrected chi connectivity index (χ0v) is 21.4. The smallest absolute Gasteiger partial charge is 0.414 e. The Balaban J connectivity index is 1.21. The number of nitrogens with zero attached hydrogens (tertiary/aromatic N) is 4. The van der Waals surface area contributed by atoms with Crippen LogP contribution in [0.1, 0.15) is 12.5 Å². The number of para-hydroxylation sites is 1. The molecule has 1 N–H and O–H groups in total. The highest BCUT2D eigenvalue weighted by molar-refractivity contribution is 7.80. The van der Waals surface area contributed by atoms with Crippen molar-refractivity contribution < 1.29 is 13.9 Å². The van der Waals surface area contributed by atoms with Gasteiger partial charge in [-0.05, 0) is 37.3 Å². The predicted molar refractivity (Wildman–Crippen MR) is 148 cm³/mol. The van der Waals surface area contributed by atoms with Crippen molar-refractivity contribution in [2.75, 3.05) is 49.1 Å². The zero-order chi connectivity index (χ0) is 25.2. The number of hydrogen-bond acceptors (Lipinski definition) is 6. The summed E-state index contributed by atoms with van der Waals surface area (Å²) in [4.78, 5) is 23.8. The zero-order valence-electron chi connectivity index (χ0n) is 19.8. The molecule has 7 nitrogen and oxygen atoms in total. The number of anilines is 2. The van der Waals surface area contributed by atoms with Crippen LogP contribution in [0.4, 0.5) is 20.6 Å². The van der Waals surface area contributed by atoms with E-state index in [1.165, 1.54) is 11.0 Å². The lowest BCUT2D eigenvalue weighted by atomic mass is 10.1. The van der Waals surface area contributed by atoms with Crippen molar-refractivity contribution in [2.24, 2.45) is 0 Å². The van der Waals surface area contributed by atoms with Crippen LogP contribution < -0.4 is 15.1 Å². The lowest BCUT2D eigenvalue weighted by Crippen LogP contribution is -2.48. The van der Waals surface area contributed by atoms with Gasteiger partial charge in [-0.15, -0.1) is 0 Å². The first-order valence-electron chi connectivity index (χ1n) is 11.8. The summed E-state index contributed by atoms with van der Waals surface area (Å²) in [6.07, 6.45) is 0.991. The number of nitrogens with one attached hydrogen (secondary N) is 1. The Labute approximate surface area is 219 Å². The molecule has 3 heterocycles. The SMILES string of the molecule is CC(=S)NC[C@H]1CN(c2ccc(N3CCN(C(=S)c4cnc5ccccc5c4)CC3)c(F)c2)C(=O)O1. The number of fused-ring (bicyclic) bond motifs is 1. The number of ether oxygens (including phenoxy) is 1. The Bertz CT molecular complexity index is 1330. The Morgan fingerprint density at radius 2 is 1.92 bits per heavy atom. The molecule has 0 radical (unpaired) electrons. The lowest BCUT2D eigenvalue weighted by molar-refractivity contribution is 0.143. The summed E-state index contributed by atoms with van der Waals surface area (Å²) in [6.45, 7) is 5.17. The van der Waals surface area contributed by atoms with E-state index in [1.54, 1.807) is 19.1 Å². The number of piperazine rings is 1. The molecular formula is C26H26FN5O2S2. The Morgan fingerprint density at radius 3 is 2.67 bits per heavy atom. The van der Waals surface area contributed by atoms with Crippen molar-refractivity contribution in [3.05, 3.63) is 66.1 Å². The number of aromatic nitrogens is 1. The average molecular weight is 524 g/mol. The van der Waals surface area contributed by atoms with Gasteiger partial charge in [-0.2, -0.15) is 0 Å². The number of rotatable bonds is 5. The first-order chi connectivity index (χ1) is 17.4. The largest absolute Gasteiger partial charge is 0.442 e. The van der Waals surface area contributed by atoms with E-state index in [4.69, 9.17) is 29.2 Å². The van der Waals surface area contributed by atoms with E-state index in [2.05, 4.69) is 21.3 Å². The van der Waals surface area contributed by atoms with Crippen LogP contribution in [-0.4, -0.2) is 71.3 Å². The van der Waals surface area contributed by atoms with Gasteiger partial charge in [-0.3, -0.25) is 9.88 Å². The van der Waals surface area contributed by atoms with Gasteiger partial charge < -0.3 is 19.9 Å². The number of pyridine rings is 1. The van der Waals surface area contributed by atoms with Gasteiger partial charge in [0.15, 0.2) is 0 Å². The fraction of sp³-hybridized carbons (Fsp3) is 0.308. The number of benzene rings is 2. The number of hydrogen-bond donors (Lipinski definition) is 1. The second-order valence-electron chi connectivity index (χ2n) is 8.89. The van der Waals surface area contributed by atoms with Crippen molar-refractivity contribution >= 4 is 62.8 Å². The van der Waals surface area contributed by atoms with Crippen molar-refractivity contribution in [3.63, 3.8) is 0 Å². The lowest BCUT2D eigenvalue weighted by Gasteiger charge is -2.37. The van der Waals surface area contributed by atoms with Crippen LogP contribution in [0.5, 0.6) is 0 Å². The van der Waals surface area contributed by atoms with Crippen LogP contribution in [0.15, 0.2) is 54.7 Å².